The van der Waals surface area contributed by atoms with Gasteiger partial charge >= 0.3 is 0 Å². The molecule has 0 aliphatic carbocycles. The minimum Gasteiger partial charge on any atom is -0.489 e. The first-order valence-electron chi connectivity index (χ1n) is 6.22. The van der Waals surface area contributed by atoms with E-state index < -0.39 is 15.7 Å². The quantitative estimate of drug-likeness (QED) is 0.741. The van der Waals surface area contributed by atoms with Crippen LogP contribution in [0, 0.1) is 5.82 Å². The van der Waals surface area contributed by atoms with E-state index in [2.05, 4.69) is 12.2 Å². The summed E-state index contributed by atoms with van der Waals surface area (Å²) in [4.78, 5) is 0. The molecule has 0 aromatic heterocycles. The summed E-state index contributed by atoms with van der Waals surface area (Å²) in [6, 6.07) is 4.69. The molecule has 19 heavy (non-hydrogen) atoms. The summed E-state index contributed by atoms with van der Waals surface area (Å²) >= 11 is 0. The largest absolute Gasteiger partial charge is 0.489 e. The molecule has 0 radical (unpaired) electrons. The van der Waals surface area contributed by atoms with Crippen molar-refractivity contribution >= 4 is 9.84 Å². The van der Waals surface area contributed by atoms with Crippen LogP contribution in [0.25, 0.3) is 0 Å². The maximum Gasteiger partial charge on any atom is 0.165 e. The lowest BCUT2D eigenvalue weighted by Crippen LogP contribution is -2.14. The van der Waals surface area contributed by atoms with Crippen molar-refractivity contribution in [2.75, 3.05) is 25.2 Å². The summed E-state index contributed by atoms with van der Waals surface area (Å²) in [6.07, 6.45) is 2.14. The summed E-state index contributed by atoms with van der Waals surface area (Å²) in [6.45, 7) is 3.51. The minimum atomic E-state index is -3.09. The number of hydrogen-bond donors (Lipinski definition) is 1. The van der Waals surface area contributed by atoms with E-state index in [4.69, 9.17) is 4.74 Å². The lowest BCUT2D eigenvalue weighted by molar-refractivity contribution is 0.322. The highest BCUT2D eigenvalue weighted by molar-refractivity contribution is 7.90. The van der Waals surface area contributed by atoms with Gasteiger partial charge in [-0.2, -0.15) is 0 Å². The summed E-state index contributed by atoms with van der Waals surface area (Å²) in [5.41, 5.74) is 0.835. The molecule has 4 nitrogen and oxygen atoms in total. The normalized spacial score (nSPS) is 11.5. The second-order valence-corrected chi connectivity index (χ2v) is 6.68. The van der Waals surface area contributed by atoms with E-state index in [1.54, 1.807) is 6.07 Å². The Bertz CT molecular complexity index is 503. The maximum atomic E-state index is 13.7. The molecular formula is C13H20FNO3S. The highest BCUT2D eigenvalue weighted by atomic mass is 32.2. The number of benzene rings is 1. The van der Waals surface area contributed by atoms with Crippen molar-refractivity contribution in [3.63, 3.8) is 0 Å². The van der Waals surface area contributed by atoms with Gasteiger partial charge in [-0.25, -0.2) is 12.8 Å². The van der Waals surface area contributed by atoms with Crippen LogP contribution in [0.2, 0.25) is 0 Å². The third-order valence-electron chi connectivity index (χ3n) is 2.46. The van der Waals surface area contributed by atoms with Gasteiger partial charge in [-0.1, -0.05) is 13.0 Å². The average Bonchev–Trinajstić information content (AvgIpc) is 2.31. The first kappa shape index (κ1) is 15.9. The van der Waals surface area contributed by atoms with Gasteiger partial charge in [-0.15, -0.1) is 0 Å². The fourth-order valence-electron chi connectivity index (χ4n) is 1.48. The number of sulfone groups is 1. The van der Waals surface area contributed by atoms with Gasteiger partial charge in [0.2, 0.25) is 0 Å². The smallest absolute Gasteiger partial charge is 0.165 e. The third kappa shape index (κ3) is 6.54. The van der Waals surface area contributed by atoms with Crippen LogP contribution < -0.4 is 10.1 Å². The van der Waals surface area contributed by atoms with Gasteiger partial charge in [-0.05, 0) is 30.7 Å². The summed E-state index contributed by atoms with van der Waals surface area (Å²) in [5, 5.41) is 3.17. The molecule has 0 heterocycles. The van der Waals surface area contributed by atoms with Gasteiger partial charge in [0, 0.05) is 12.8 Å². The highest BCUT2D eigenvalue weighted by Gasteiger charge is 2.07. The van der Waals surface area contributed by atoms with Crippen LogP contribution in [0.4, 0.5) is 4.39 Å². The van der Waals surface area contributed by atoms with Gasteiger partial charge in [0.05, 0.1) is 5.75 Å². The van der Waals surface area contributed by atoms with Crippen LogP contribution in [0.1, 0.15) is 18.9 Å². The van der Waals surface area contributed by atoms with E-state index in [0.29, 0.717) is 6.54 Å². The maximum absolute atomic E-state index is 13.7. The Morgan fingerprint density at radius 1 is 1.37 bits per heavy atom. The standard InChI is InChI=1S/C13H20FNO3S/c1-3-6-15-10-11-4-5-13(12(14)9-11)18-7-8-19(2,16)17/h4-5,9,15H,3,6-8,10H2,1-2H3. The average molecular weight is 289 g/mol. The van der Waals surface area contributed by atoms with Gasteiger partial charge in [0.15, 0.2) is 21.4 Å². The predicted molar refractivity (Wildman–Crippen MR) is 73.6 cm³/mol. The molecule has 0 bridgehead atoms. The van der Waals surface area contributed by atoms with Gasteiger partial charge in [0.25, 0.3) is 0 Å². The van der Waals surface area contributed by atoms with Crippen molar-refractivity contribution in [3.05, 3.63) is 29.6 Å². The Labute approximate surface area is 113 Å². The summed E-state index contributed by atoms with van der Waals surface area (Å²) in [5.74, 6) is -0.501. The van der Waals surface area contributed by atoms with Crippen molar-refractivity contribution < 1.29 is 17.5 Å². The zero-order chi connectivity index (χ0) is 14.3. The lowest BCUT2D eigenvalue weighted by atomic mass is 10.2. The number of halogens is 1. The molecule has 0 saturated heterocycles. The predicted octanol–water partition coefficient (Wildman–Crippen LogP) is 1.75. The fraction of sp³-hybridized carbons (Fsp3) is 0.538. The van der Waals surface area contributed by atoms with Gasteiger partial charge in [0.1, 0.15) is 6.61 Å². The SMILES string of the molecule is CCCNCc1ccc(OCCS(C)(=O)=O)c(F)c1. The van der Waals surface area contributed by atoms with Crippen LogP contribution in [-0.2, 0) is 16.4 Å². The van der Waals surface area contributed by atoms with Crippen LogP contribution in [-0.4, -0.2) is 33.6 Å². The monoisotopic (exact) mass is 289 g/mol. The van der Waals surface area contributed by atoms with Crippen LogP contribution in [0.3, 0.4) is 0 Å². The number of rotatable bonds is 8. The molecule has 0 saturated carbocycles. The van der Waals surface area contributed by atoms with Crippen LogP contribution in [0.15, 0.2) is 18.2 Å². The molecule has 0 unspecified atom stereocenters. The Morgan fingerprint density at radius 2 is 2.11 bits per heavy atom. The van der Waals surface area contributed by atoms with Crippen molar-refractivity contribution in [3.8, 4) is 5.75 Å². The van der Waals surface area contributed by atoms with Crippen molar-refractivity contribution in [1.29, 1.82) is 0 Å². The molecule has 108 valence electrons. The first-order valence-corrected chi connectivity index (χ1v) is 8.28. The minimum absolute atomic E-state index is 0.0385. The Hall–Kier alpha value is -1.14. The van der Waals surface area contributed by atoms with E-state index in [-0.39, 0.29) is 18.1 Å². The number of hydrogen-bond acceptors (Lipinski definition) is 4. The van der Waals surface area contributed by atoms with Crippen LogP contribution in [0.5, 0.6) is 5.75 Å². The second kappa shape index (κ2) is 7.45. The summed E-state index contributed by atoms with van der Waals surface area (Å²) < 4.78 is 40.6. The molecular weight excluding hydrogens is 269 g/mol. The molecule has 1 rings (SSSR count). The number of ether oxygens (including phenoxy) is 1. The van der Waals surface area contributed by atoms with E-state index in [1.807, 2.05) is 0 Å². The number of nitrogens with one attached hydrogen (secondary N) is 1. The molecule has 1 aromatic carbocycles. The van der Waals surface area contributed by atoms with Gasteiger partial charge in [-0.3, -0.25) is 0 Å². The van der Waals surface area contributed by atoms with E-state index >= 15 is 0 Å². The molecule has 0 fully saturated rings. The molecule has 1 N–H and O–H groups in total. The van der Waals surface area contributed by atoms with Crippen molar-refractivity contribution in [1.82, 2.24) is 5.32 Å². The highest BCUT2D eigenvalue weighted by Crippen LogP contribution is 2.18. The lowest BCUT2D eigenvalue weighted by Gasteiger charge is -2.08. The zero-order valence-corrected chi connectivity index (χ0v) is 12.1. The molecule has 0 amide bonds. The topological polar surface area (TPSA) is 55.4 Å². The molecule has 0 aliphatic heterocycles. The Kier molecular flexibility index (Phi) is 6.24. The Morgan fingerprint density at radius 3 is 2.68 bits per heavy atom. The second-order valence-electron chi connectivity index (χ2n) is 4.42. The van der Waals surface area contributed by atoms with E-state index in [1.165, 1.54) is 12.1 Å². The molecule has 1 aromatic rings. The van der Waals surface area contributed by atoms with E-state index in [9.17, 15) is 12.8 Å². The molecule has 0 atom stereocenters. The molecule has 6 heteroatoms. The van der Waals surface area contributed by atoms with Crippen molar-refractivity contribution in [2.24, 2.45) is 0 Å². The summed E-state index contributed by atoms with van der Waals surface area (Å²) in [7, 11) is -3.09. The van der Waals surface area contributed by atoms with Crippen molar-refractivity contribution in [2.45, 2.75) is 19.9 Å². The Balaban J connectivity index is 2.52. The van der Waals surface area contributed by atoms with E-state index in [0.717, 1.165) is 24.8 Å². The molecule has 0 aliphatic rings. The molecule has 0 spiro atoms. The zero-order valence-electron chi connectivity index (χ0n) is 11.3. The first-order chi connectivity index (χ1) is 8.92. The fourth-order valence-corrected chi connectivity index (χ4v) is 1.87. The van der Waals surface area contributed by atoms with Gasteiger partial charge < -0.3 is 10.1 Å². The van der Waals surface area contributed by atoms with Crippen LogP contribution >= 0.6 is 0 Å². The third-order valence-corrected chi connectivity index (χ3v) is 3.37.